The van der Waals surface area contributed by atoms with Gasteiger partial charge in [-0.2, -0.15) is 0 Å². The molecule has 0 saturated heterocycles. The van der Waals surface area contributed by atoms with Crippen molar-refractivity contribution in [1.82, 2.24) is 9.55 Å². The third-order valence-electron chi connectivity index (χ3n) is 3.08. The normalized spacial score (nSPS) is 17.1. The van der Waals surface area contributed by atoms with E-state index in [1.807, 2.05) is 0 Å². The summed E-state index contributed by atoms with van der Waals surface area (Å²) in [6.45, 7) is 1.68. The van der Waals surface area contributed by atoms with E-state index < -0.39 is 5.97 Å². The highest BCUT2D eigenvalue weighted by atomic mass is 16.4. The van der Waals surface area contributed by atoms with Crippen LogP contribution in [-0.2, 0) is 0 Å². The molecule has 5 nitrogen and oxygen atoms in total. The van der Waals surface area contributed by atoms with Gasteiger partial charge in [0.1, 0.15) is 5.69 Å². The fourth-order valence-electron chi connectivity index (χ4n) is 2.34. The van der Waals surface area contributed by atoms with Crippen LogP contribution >= 0.6 is 0 Å². The molecular weight excluding hydrogens is 196 g/mol. The van der Waals surface area contributed by atoms with E-state index in [-0.39, 0.29) is 17.4 Å². The van der Waals surface area contributed by atoms with E-state index in [1.54, 1.807) is 11.5 Å². The van der Waals surface area contributed by atoms with Crippen molar-refractivity contribution in [1.29, 1.82) is 0 Å². The molecule has 82 valence electrons. The van der Waals surface area contributed by atoms with Gasteiger partial charge in [-0.25, -0.2) is 9.59 Å². The first kappa shape index (κ1) is 10.0. The van der Waals surface area contributed by atoms with Crippen molar-refractivity contribution >= 4 is 5.97 Å². The molecule has 1 saturated carbocycles. The first-order chi connectivity index (χ1) is 7.11. The molecule has 1 aliphatic rings. The molecule has 5 heteroatoms. The van der Waals surface area contributed by atoms with E-state index >= 15 is 0 Å². The van der Waals surface area contributed by atoms with Gasteiger partial charge >= 0.3 is 11.7 Å². The summed E-state index contributed by atoms with van der Waals surface area (Å²) in [5, 5.41) is 8.86. The molecule has 1 aromatic heterocycles. The summed E-state index contributed by atoms with van der Waals surface area (Å²) in [5.74, 6) is -1.07. The smallest absolute Gasteiger partial charge is 0.354 e. The standard InChI is InChI=1S/C10H14N2O3/c1-6-8(9(13)14)11-10(15)12(6)7-4-2-3-5-7/h7H,2-5H2,1H3,(H,11,15)(H,13,14). The van der Waals surface area contributed by atoms with E-state index in [1.165, 1.54) is 0 Å². The zero-order valence-electron chi connectivity index (χ0n) is 8.62. The van der Waals surface area contributed by atoms with E-state index in [0.29, 0.717) is 5.69 Å². The van der Waals surface area contributed by atoms with Crippen molar-refractivity contribution < 1.29 is 9.90 Å². The van der Waals surface area contributed by atoms with Gasteiger partial charge in [0.2, 0.25) is 0 Å². The third kappa shape index (κ3) is 1.58. The second kappa shape index (κ2) is 3.56. The average Bonchev–Trinajstić information content (AvgIpc) is 2.73. The maximum absolute atomic E-state index is 11.6. The van der Waals surface area contributed by atoms with Crippen molar-refractivity contribution in [2.75, 3.05) is 0 Å². The topological polar surface area (TPSA) is 75.1 Å². The Morgan fingerprint density at radius 2 is 2.07 bits per heavy atom. The summed E-state index contributed by atoms with van der Waals surface area (Å²) < 4.78 is 1.59. The van der Waals surface area contributed by atoms with Crippen molar-refractivity contribution in [2.24, 2.45) is 0 Å². The average molecular weight is 210 g/mol. The molecule has 1 aliphatic carbocycles. The first-order valence-corrected chi connectivity index (χ1v) is 5.15. The minimum atomic E-state index is -1.07. The van der Waals surface area contributed by atoms with Gasteiger partial charge in [-0.15, -0.1) is 0 Å². The van der Waals surface area contributed by atoms with Gasteiger partial charge in [0.15, 0.2) is 0 Å². The number of aromatic carboxylic acids is 1. The number of nitrogens with zero attached hydrogens (tertiary/aromatic N) is 1. The number of imidazole rings is 1. The molecule has 1 heterocycles. The molecule has 0 unspecified atom stereocenters. The SMILES string of the molecule is Cc1c(C(=O)O)[nH]c(=O)n1C1CCCC1. The lowest BCUT2D eigenvalue weighted by molar-refractivity contribution is 0.0690. The van der Waals surface area contributed by atoms with E-state index in [0.717, 1.165) is 25.7 Å². The highest BCUT2D eigenvalue weighted by molar-refractivity contribution is 5.86. The molecule has 0 aliphatic heterocycles. The van der Waals surface area contributed by atoms with Crippen LogP contribution in [0.15, 0.2) is 4.79 Å². The van der Waals surface area contributed by atoms with Gasteiger partial charge < -0.3 is 5.11 Å². The number of nitrogens with one attached hydrogen (secondary N) is 1. The number of aromatic nitrogens is 2. The van der Waals surface area contributed by atoms with Gasteiger partial charge in [0.25, 0.3) is 0 Å². The summed E-state index contributed by atoms with van der Waals surface area (Å²) in [4.78, 5) is 24.8. The lowest BCUT2D eigenvalue weighted by atomic mass is 10.2. The van der Waals surface area contributed by atoms with Crippen LogP contribution in [0.1, 0.15) is 47.9 Å². The fraction of sp³-hybridized carbons (Fsp3) is 0.600. The number of aromatic amines is 1. The van der Waals surface area contributed by atoms with Crippen LogP contribution < -0.4 is 5.69 Å². The monoisotopic (exact) mass is 210 g/mol. The molecule has 1 fully saturated rings. The molecule has 0 radical (unpaired) electrons. The number of H-pyrrole nitrogens is 1. The Balaban J connectivity index is 2.47. The second-order valence-corrected chi connectivity index (χ2v) is 4.00. The zero-order valence-corrected chi connectivity index (χ0v) is 8.62. The Morgan fingerprint density at radius 3 is 2.53 bits per heavy atom. The van der Waals surface area contributed by atoms with Crippen molar-refractivity contribution in [3.8, 4) is 0 Å². The lowest BCUT2D eigenvalue weighted by Crippen LogP contribution is -2.21. The third-order valence-corrected chi connectivity index (χ3v) is 3.08. The summed E-state index contributed by atoms with van der Waals surface area (Å²) in [6.07, 6.45) is 4.17. The molecule has 0 atom stereocenters. The zero-order chi connectivity index (χ0) is 11.0. The lowest BCUT2D eigenvalue weighted by Gasteiger charge is -2.11. The summed E-state index contributed by atoms with van der Waals surface area (Å²) in [6, 6.07) is 0.182. The number of carboxylic acid groups (broad SMARTS) is 1. The van der Waals surface area contributed by atoms with Gasteiger partial charge in [0, 0.05) is 6.04 Å². The quantitative estimate of drug-likeness (QED) is 0.772. The van der Waals surface area contributed by atoms with Crippen LogP contribution in [0.5, 0.6) is 0 Å². The first-order valence-electron chi connectivity index (χ1n) is 5.15. The molecule has 1 aromatic rings. The van der Waals surface area contributed by atoms with Crippen LogP contribution in [0.2, 0.25) is 0 Å². The van der Waals surface area contributed by atoms with Gasteiger partial charge in [-0.1, -0.05) is 12.8 Å². The van der Waals surface area contributed by atoms with Crippen LogP contribution in [0, 0.1) is 6.92 Å². The van der Waals surface area contributed by atoms with Crippen LogP contribution in [0.25, 0.3) is 0 Å². The number of hydrogen-bond donors (Lipinski definition) is 2. The maximum Gasteiger partial charge on any atom is 0.354 e. The predicted octanol–water partition coefficient (Wildman–Crippen LogP) is 1.30. The Hall–Kier alpha value is -1.52. The van der Waals surface area contributed by atoms with Gasteiger partial charge in [0.05, 0.1) is 5.69 Å². The maximum atomic E-state index is 11.6. The number of hydrogen-bond acceptors (Lipinski definition) is 2. The summed E-state index contributed by atoms with van der Waals surface area (Å²) in [5.41, 5.74) is 0.267. The molecule has 0 spiro atoms. The highest BCUT2D eigenvalue weighted by Gasteiger charge is 2.24. The molecule has 0 amide bonds. The van der Waals surface area contributed by atoms with Crippen molar-refractivity contribution in [2.45, 2.75) is 38.6 Å². The largest absolute Gasteiger partial charge is 0.477 e. The predicted molar refractivity (Wildman–Crippen MR) is 54.3 cm³/mol. The molecule has 15 heavy (non-hydrogen) atoms. The van der Waals surface area contributed by atoms with E-state index in [2.05, 4.69) is 4.98 Å². The van der Waals surface area contributed by atoms with Gasteiger partial charge in [-0.05, 0) is 19.8 Å². The Kier molecular flexibility index (Phi) is 2.38. The van der Waals surface area contributed by atoms with Crippen molar-refractivity contribution in [3.63, 3.8) is 0 Å². The number of carboxylic acids is 1. The molecule has 0 bridgehead atoms. The highest BCUT2D eigenvalue weighted by Crippen LogP contribution is 2.29. The van der Waals surface area contributed by atoms with Gasteiger partial charge in [-0.3, -0.25) is 9.55 Å². The summed E-state index contributed by atoms with van der Waals surface area (Å²) in [7, 11) is 0. The minimum absolute atomic E-state index is 0.0203. The number of carbonyl (C=O) groups is 1. The minimum Gasteiger partial charge on any atom is -0.477 e. The van der Waals surface area contributed by atoms with Crippen LogP contribution in [0.3, 0.4) is 0 Å². The van der Waals surface area contributed by atoms with Crippen LogP contribution in [-0.4, -0.2) is 20.6 Å². The molecule has 2 N–H and O–H groups in total. The van der Waals surface area contributed by atoms with Crippen molar-refractivity contribution in [3.05, 3.63) is 21.9 Å². The Labute approximate surface area is 86.7 Å². The Bertz CT molecular complexity index is 438. The number of rotatable bonds is 2. The second-order valence-electron chi connectivity index (χ2n) is 4.00. The molecular formula is C10H14N2O3. The van der Waals surface area contributed by atoms with E-state index in [4.69, 9.17) is 5.11 Å². The van der Waals surface area contributed by atoms with E-state index in [9.17, 15) is 9.59 Å². The van der Waals surface area contributed by atoms with Crippen LogP contribution in [0.4, 0.5) is 0 Å². The molecule has 2 rings (SSSR count). The fourth-order valence-corrected chi connectivity index (χ4v) is 2.34. The summed E-state index contributed by atoms with van der Waals surface area (Å²) >= 11 is 0. The Morgan fingerprint density at radius 1 is 1.47 bits per heavy atom. The molecule has 0 aromatic carbocycles.